The third kappa shape index (κ3) is 1.01. The van der Waals surface area contributed by atoms with E-state index in [0.29, 0.717) is 12.4 Å². The summed E-state index contributed by atoms with van der Waals surface area (Å²) in [6.07, 6.45) is 2.32. The highest BCUT2D eigenvalue weighted by Gasteiger charge is 2.26. The molecule has 2 rings (SSSR count). The number of nitrogens with one attached hydrogen (secondary N) is 1. The van der Waals surface area contributed by atoms with Crippen LogP contribution in [0.4, 0.5) is 5.82 Å². The number of anilines is 1. The molecule has 0 aromatic carbocycles. The third-order valence-corrected chi connectivity index (χ3v) is 1.87. The van der Waals surface area contributed by atoms with Crippen molar-refractivity contribution in [3.63, 3.8) is 0 Å². The van der Waals surface area contributed by atoms with Gasteiger partial charge >= 0.3 is 0 Å². The number of carbonyl (C=O) groups excluding carboxylic acids is 1. The Balaban J connectivity index is 2.24. The molecule has 64 valence electrons. The van der Waals surface area contributed by atoms with Crippen molar-refractivity contribution in [2.75, 3.05) is 12.3 Å². The van der Waals surface area contributed by atoms with Gasteiger partial charge in [0, 0.05) is 6.54 Å². The number of hydrogen-bond acceptors (Lipinski definition) is 4. The summed E-state index contributed by atoms with van der Waals surface area (Å²) in [6.45, 7) is 0.698. The molecule has 3 N–H and O–H groups in total. The fraction of sp³-hybridized carbons (Fsp3) is 0.500. The largest absolute Gasteiger partial charge is 0.381 e. The summed E-state index contributed by atoms with van der Waals surface area (Å²) in [5.74, 6) is 0.328. The van der Waals surface area contributed by atoms with Gasteiger partial charge in [0.25, 0.3) is 0 Å². The summed E-state index contributed by atoms with van der Waals surface area (Å²) in [7, 11) is 0. The molecule has 1 amide bonds. The van der Waals surface area contributed by atoms with Crippen LogP contribution in [0, 0.1) is 0 Å². The molecule has 2 heterocycles. The number of hydrogen-bond donors (Lipinski definition) is 2. The van der Waals surface area contributed by atoms with Crippen molar-refractivity contribution in [1.29, 1.82) is 0 Å². The molecule has 0 spiro atoms. The summed E-state index contributed by atoms with van der Waals surface area (Å²) in [6, 6.07) is -0.227. The van der Waals surface area contributed by atoms with Crippen molar-refractivity contribution in [2.45, 2.75) is 12.5 Å². The number of rotatable bonds is 1. The first kappa shape index (κ1) is 7.08. The monoisotopic (exact) mass is 167 g/mol. The predicted molar refractivity (Wildman–Crippen MR) is 41.1 cm³/mol. The minimum Gasteiger partial charge on any atom is -0.381 e. The first-order valence-electron chi connectivity index (χ1n) is 3.72. The normalized spacial score (nSPS) is 22.7. The molecule has 1 aliphatic heterocycles. The molecule has 1 unspecified atom stereocenters. The van der Waals surface area contributed by atoms with Crippen LogP contribution in [-0.2, 0) is 4.79 Å². The zero-order chi connectivity index (χ0) is 8.55. The second-order valence-electron chi connectivity index (χ2n) is 2.72. The zero-order valence-electron chi connectivity index (χ0n) is 6.40. The Kier molecular flexibility index (Phi) is 1.46. The van der Waals surface area contributed by atoms with E-state index in [2.05, 4.69) is 15.6 Å². The Bertz CT molecular complexity index is 307. The van der Waals surface area contributed by atoms with E-state index >= 15 is 0 Å². The smallest absolute Gasteiger partial charge is 0.245 e. The van der Waals surface area contributed by atoms with Crippen molar-refractivity contribution >= 4 is 11.7 Å². The molecule has 1 fully saturated rings. The van der Waals surface area contributed by atoms with Crippen LogP contribution in [-0.4, -0.2) is 27.4 Å². The van der Waals surface area contributed by atoms with Gasteiger partial charge in [0.2, 0.25) is 5.91 Å². The quantitative estimate of drug-likeness (QED) is 0.557. The number of aromatic nitrogens is 3. The van der Waals surface area contributed by atoms with Crippen LogP contribution in [0.5, 0.6) is 0 Å². The van der Waals surface area contributed by atoms with Crippen molar-refractivity contribution < 1.29 is 4.79 Å². The summed E-state index contributed by atoms with van der Waals surface area (Å²) in [5.41, 5.74) is 5.37. The van der Waals surface area contributed by atoms with Gasteiger partial charge in [-0.05, 0) is 6.42 Å². The number of nitrogens with two attached hydrogens (primary N) is 1. The van der Waals surface area contributed by atoms with E-state index in [0.717, 1.165) is 6.42 Å². The zero-order valence-corrected chi connectivity index (χ0v) is 6.40. The van der Waals surface area contributed by atoms with E-state index in [1.54, 1.807) is 6.20 Å². The van der Waals surface area contributed by atoms with Gasteiger partial charge < -0.3 is 11.1 Å². The van der Waals surface area contributed by atoms with Gasteiger partial charge in [-0.25, -0.2) is 4.68 Å². The molecule has 0 radical (unpaired) electrons. The van der Waals surface area contributed by atoms with Crippen LogP contribution in [0.25, 0.3) is 0 Å². The number of amides is 1. The molecule has 1 aliphatic rings. The van der Waals surface area contributed by atoms with Crippen molar-refractivity contribution in [2.24, 2.45) is 0 Å². The molecule has 12 heavy (non-hydrogen) atoms. The maximum Gasteiger partial charge on any atom is 0.245 e. The maximum absolute atomic E-state index is 11.1. The lowest BCUT2D eigenvalue weighted by Gasteiger charge is -2.03. The standard InChI is InChI=1S/C6H9N5O/c7-5-3-11(10-9-5)4-1-2-8-6(4)12/h3-4H,1-2,7H2,(H,8,12). The molecule has 0 saturated carbocycles. The molecule has 1 saturated heterocycles. The highest BCUT2D eigenvalue weighted by atomic mass is 16.2. The average molecular weight is 167 g/mol. The van der Waals surface area contributed by atoms with Crippen molar-refractivity contribution in [3.05, 3.63) is 6.20 Å². The van der Waals surface area contributed by atoms with E-state index in [1.165, 1.54) is 4.68 Å². The van der Waals surface area contributed by atoms with E-state index in [9.17, 15) is 4.79 Å². The molecule has 1 aromatic heterocycles. The third-order valence-electron chi connectivity index (χ3n) is 1.87. The molecule has 0 aliphatic carbocycles. The molecule has 0 bridgehead atoms. The van der Waals surface area contributed by atoms with Crippen LogP contribution in [0.2, 0.25) is 0 Å². The molecular formula is C6H9N5O. The van der Waals surface area contributed by atoms with Gasteiger partial charge in [-0.2, -0.15) is 0 Å². The van der Waals surface area contributed by atoms with Crippen LogP contribution in [0.1, 0.15) is 12.5 Å². The van der Waals surface area contributed by atoms with Gasteiger partial charge in [0.05, 0.1) is 6.20 Å². The SMILES string of the molecule is Nc1cn(C2CCNC2=O)nn1. The van der Waals surface area contributed by atoms with Gasteiger partial charge in [0.15, 0.2) is 5.82 Å². The van der Waals surface area contributed by atoms with Crippen molar-refractivity contribution in [1.82, 2.24) is 20.3 Å². The molecular weight excluding hydrogens is 158 g/mol. The molecule has 1 aromatic rings. The van der Waals surface area contributed by atoms with E-state index in [-0.39, 0.29) is 11.9 Å². The Hall–Kier alpha value is -1.59. The van der Waals surface area contributed by atoms with Gasteiger partial charge in [-0.3, -0.25) is 4.79 Å². The molecule has 6 nitrogen and oxygen atoms in total. The Morgan fingerprint density at radius 2 is 2.58 bits per heavy atom. The highest BCUT2D eigenvalue weighted by Crippen LogP contribution is 2.15. The number of nitrogen functional groups attached to an aromatic ring is 1. The lowest BCUT2D eigenvalue weighted by atomic mass is 10.2. The lowest BCUT2D eigenvalue weighted by molar-refractivity contribution is -0.122. The topological polar surface area (TPSA) is 85.8 Å². The van der Waals surface area contributed by atoms with Crippen LogP contribution >= 0.6 is 0 Å². The lowest BCUT2D eigenvalue weighted by Crippen LogP contribution is -2.22. The van der Waals surface area contributed by atoms with Crippen molar-refractivity contribution in [3.8, 4) is 0 Å². The van der Waals surface area contributed by atoms with Gasteiger partial charge in [-0.15, -0.1) is 5.10 Å². The summed E-state index contributed by atoms with van der Waals surface area (Å²) < 4.78 is 1.50. The second-order valence-corrected chi connectivity index (χ2v) is 2.72. The maximum atomic E-state index is 11.1. The second kappa shape index (κ2) is 2.47. The number of nitrogens with zero attached hydrogens (tertiary/aromatic N) is 3. The Morgan fingerprint density at radius 1 is 1.75 bits per heavy atom. The van der Waals surface area contributed by atoms with Crippen LogP contribution < -0.4 is 11.1 Å². The Morgan fingerprint density at radius 3 is 3.08 bits per heavy atom. The fourth-order valence-electron chi connectivity index (χ4n) is 1.28. The van der Waals surface area contributed by atoms with Gasteiger partial charge in [-0.1, -0.05) is 5.21 Å². The Labute approximate surface area is 68.7 Å². The number of carbonyl (C=O) groups is 1. The fourth-order valence-corrected chi connectivity index (χ4v) is 1.28. The van der Waals surface area contributed by atoms with Crippen LogP contribution in [0.3, 0.4) is 0 Å². The van der Waals surface area contributed by atoms with E-state index < -0.39 is 0 Å². The first-order valence-corrected chi connectivity index (χ1v) is 3.72. The predicted octanol–water partition coefficient (Wildman–Crippen LogP) is -1.08. The molecule has 6 heteroatoms. The summed E-state index contributed by atoms with van der Waals surface area (Å²) in [5, 5.41) is 10.0. The van der Waals surface area contributed by atoms with E-state index in [1.807, 2.05) is 0 Å². The van der Waals surface area contributed by atoms with Gasteiger partial charge in [0.1, 0.15) is 6.04 Å². The minimum atomic E-state index is -0.227. The van der Waals surface area contributed by atoms with Crippen LogP contribution in [0.15, 0.2) is 6.20 Å². The first-order chi connectivity index (χ1) is 5.77. The molecule has 1 atom stereocenters. The summed E-state index contributed by atoms with van der Waals surface area (Å²) in [4.78, 5) is 11.1. The minimum absolute atomic E-state index is 0.0140. The van der Waals surface area contributed by atoms with E-state index in [4.69, 9.17) is 5.73 Å². The highest BCUT2D eigenvalue weighted by molar-refractivity contribution is 5.82. The summed E-state index contributed by atoms with van der Waals surface area (Å²) >= 11 is 0. The average Bonchev–Trinajstić information content (AvgIpc) is 2.58.